The van der Waals surface area contributed by atoms with E-state index in [2.05, 4.69) is 26.1 Å². The summed E-state index contributed by atoms with van der Waals surface area (Å²) in [4.78, 5) is 0. The van der Waals surface area contributed by atoms with Crippen LogP contribution in [-0.2, 0) is 10.8 Å². The lowest BCUT2D eigenvalue weighted by molar-refractivity contribution is 0.180. The minimum Gasteiger partial charge on any atom is -0.315 e. The van der Waals surface area contributed by atoms with Crippen molar-refractivity contribution in [1.82, 2.24) is 5.32 Å². The maximum Gasteiger partial charge on any atom is 0.0506 e. The third-order valence-electron chi connectivity index (χ3n) is 3.58. The fraction of sp³-hybridized carbons (Fsp3) is 1.00. The Balaban J connectivity index is 2.73. The Bertz CT molecular complexity index is 228. The van der Waals surface area contributed by atoms with Gasteiger partial charge in [0.2, 0.25) is 0 Å². The average molecular weight is 231 g/mol. The molecule has 0 heterocycles. The van der Waals surface area contributed by atoms with Crippen LogP contribution in [0.25, 0.3) is 0 Å². The van der Waals surface area contributed by atoms with Gasteiger partial charge in [0.05, 0.1) is 5.25 Å². The summed E-state index contributed by atoms with van der Waals surface area (Å²) in [6, 6.07) is 0.415. The van der Waals surface area contributed by atoms with Crippen molar-refractivity contribution in [3.8, 4) is 0 Å². The van der Waals surface area contributed by atoms with Crippen LogP contribution in [0, 0.1) is 5.41 Å². The second kappa shape index (κ2) is 5.44. The molecule has 0 spiro atoms. The fourth-order valence-electron chi connectivity index (χ4n) is 2.80. The summed E-state index contributed by atoms with van der Waals surface area (Å²) in [5, 5.41) is 3.75. The zero-order valence-corrected chi connectivity index (χ0v) is 11.3. The Morgan fingerprint density at radius 3 is 2.67 bits per heavy atom. The Morgan fingerprint density at radius 2 is 2.13 bits per heavy atom. The molecule has 3 atom stereocenters. The first-order valence-corrected chi connectivity index (χ1v) is 7.45. The second-order valence-corrected chi connectivity index (χ2v) is 7.05. The molecule has 0 saturated heterocycles. The lowest BCUT2D eigenvalue weighted by atomic mass is 9.73. The van der Waals surface area contributed by atoms with Gasteiger partial charge in [-0.2, -0.15) is 0 Å². The molecule has 1 N–H and O–H groups in total. The van der Waals surface area contributed by atoms with E-state index in [1.165, 1.54) is 12.8 Å². The largest absolute Gasteiger partial charge is 0.315 e. The van der Waals surface area contributed by atoms with E-state index in [1.54, 1.807) is 0 Å². The predicted molar refractivity (Wildman–Crippen MR) is 67.6 cm³/mol. The highest BCUT2D eigenvalue weighted by atomic mass is 32.2. The van der Waals surface area contributed by atoms with Gasteiger partial charge in [0.15, 0.2) is 0 Å². The molecule has 90 valence electrons. The van der Waals surface area contributed by atoms with Crippen molar-refractivity contribution in [2.75, 3.05) is 12.8 Å². The van der Waals surface area contributed by atoms with Crippen molar-refractivity contribution in [2.24, 2.45) is 5.41 Å². The molecular formula is C12H25NOS. The van der Waals surface area contributed by atoms with Gasteiger partial charge in [0.1, 0.15) is 0 Å². The smallest absolute Gasteiger partial charge is 0.0506 e. The molecule has 1 saturated carbocycles. The highest BCUT2D eigenvalue weighted by molar-refractivity contribution is 7.85. The minimum absolute atomic E-state index is 0.293. The SMILES string of the molecule is CCCS(=O)C1CCCC(C)(C)C1NC. The quantitative estimate of drug-likeness (QED) is 0.804. The highest BCUT2D eigenvalue weighted by Gasteiger charge is 2.40. The summed E-state index contributed by atoms with van der Waals surface area (Å²) in [5.41, 5.74) is 0.293. The number of hydrogen-bond donors (Lipinski definition) is 1. The van der Waals surface area contributed by atoms with Crippen LogP contribution < -0.4 is 5.32 Å². The molecule has 2 nitrogen and oxygen atoms in total. The fourth-order valence-corrected chi connectivity index (χ4v) is 4.74. The van der Waals surface area contributed by atoms with Crippen LogP contribution in [0.1, 0.15) is 46.5 Å². The summed E-state index contributed by atoms with van der Waals surface area (Å²) in [5.74, 6) is 0.860. The summed E-state index contributed by atoms with van der Waals surface area (Å²) < 4.78 is 12.1. The van der Waals surface area contributed by atoms with E-state index in [9.17, 15) is 4.21 Å². The van der Waals surface area contributed by atoms with Gasteiger partial charge >= 0.3 is 0 Å². The molecule has 15 heavy (non-hydrogen) atoms. The number of nitrogens with one attached hydrogen (secondary N) is 1. The topological polar surface area (TPSA) is 29.1 Å². The van der Waals surface area contributed by atoms with Crippen molar-refractivity contribution < 1.29 is 4.21 Å². The van der Waals surface area contributed by atoms with Gasteiger partial charge in [0.25, 0.3) is 0 Å². The van der Waals surface area contributed by atoms with Gasteiger partial charge < -0.3 is 5.32 Å². The molecule has 0 radical (unpaired) electrons. The Labute approximate surface area is 96.7 Å². The molecular weight excluding hydrogens is 206 g/mol. The van der Waals surface area contributed by atoms with E-state index >= 15 is 0 Å². The minimum atomic E-state index is -0.646. The van der Waals surface area contributed by atoms with Crippen LogP contribution in [-0.4, -0.2) is 28.3 Å². The van der Waals surface area contributed by atoms with Crippen LogP contribution in [0.3, 0.4) is 0 Å². The first-order chi connectivity index (χ1) is 7.03. The molecule has 0 bridgehead atoms. The van der Waals surface area contributed by atoms with Crippen LogP contribution >= 0.6 is 0 Å². The highest BCUT2D eigenvalue weighted by Crippen LogP contribution is 2.37. The Hall–Kier alpha value is 0.110. The number of hydrogen-bond acceptors (Lipinski definition) is 2. The predicted octanol–water partition coefficient (Wildman–Crippen LogP) is 2.31. The molecule has 0 aromatic heterocycles. The average Bonchev–Trinajstić information content (AvgIpc) is 2.16. The van der Waals surface area contributed by atoms with Gasteiger partial charge in [-0.3, -0.25) is 4.21 Å². The Morgan fingerprint density at radius 1 is 1.47 bits per heavy atom. The molecule has 1 fully saturated rings. The molecule has 0 aromatic carbocycles. The van der Waals surface area contributed by atoms with Gasteiger partial charge in [-0.05, 0) is 31.7 Å². The van der Waals surface area contributed by atoms with Gasteiger partial charge in [-0.25, -0.2) is 0 Å². The first-order valence-electron chi connectivity index (χ1n) is 6.07. The molecule has 1 rings (SSSR count). The molecule has 3 heteroatoms. The standard InChI is InChI=1S/C12H25NOS/c1-5-9-15(14)10-7-6-8-12(2,3)11(10)13-4/h10-11,13H,5-9H2,1-4H3. The third kappa shape index (κ3) is 3.04. The zero-order chi connectivity index (χ0) is 11.5. The zero-order valence-electron chi connectivity index (χ0n) is 10.5. The van der Waals surface area contributed by atoms with Crippen LogP contribution in [0.15, 0.2) is 0 Å². The molecule has 0 aliphatic heterocycles. The van der Waals surface area contributed by atoms with E-state index in [0.29, 0.717) is 16.7 Å². The third-order valence-corrected chi connectivity index (χ3v) is 5.57. The lowest BCUT2D eigenvalue weighted by Crippen LogP contribution is -2.53. The van der Waals surface area contributed by atoms with Crippen molar-refractivity contribution in [1.29, 1.82) is 0 Å². The van der Waals surface area contributed by atoms with Crippen molar-refractivity contribution in [3.63, 3.8) is 0 Å². The van der Waals surface area contributed by atoms with Crippen LogP contribution in [0.5, 0.6) is 0 Å². The van der Waals surface area contributed by atoms with Crippen molar-refractivity contribution in [3.05, 3.63) is 0 Å². The van der Waals surface area contributed by atoms with Gasteiger partial charge in [-0.15, -0.1) is 0 Å². The number of rotatable bonds is 4. The summed E-state index contributed by atoms with van der Waals surface area (Å²) >= 11 is 0. The Kier molecular flexibility index (Phi) is 4.78. The van der Waals surface area contributed by atoms with E-state index < -0.39 is 10.8 Å². The normalized spacial score (nSPS) is 32.5. The van der Waals surface area contributed by atoms with E-state index in [1.807, 2.05) is 7.05 Å². The lowest BCUT2D eigenvalue weighted by Gasteiger charge is -2.43. The molecule has 1 aliphatic rings. The first kappa shape index (κ1) is 13.2. The van der Waals surface area contributed by atoms with Gasteiger partial charge in [-0.1, -0.05) is 27.2 Å². The second-order valence-electron chi connectivity index (χ2n) is 5.27. The van der Waals surface area contributed by atoms with E-state index in [-0.39, 0.29) is 0 Å². The molecule has 1 aliphatic carbocycles. The van der Waals surface area contributed by atoms with Crippen molar-refractivity contribution in [2.45, 2.75) is 57.7 Å². The van der Waals surface area contributed by atoms with Crippen LogP contribution in [0.4, 0.5) is 0 Å². The van der Waals surface area contributed by atoms with Gasteiger partial charge in [0, 0.05) is 22.6 Å². The van der Waals surface area contributed by atoms with E-state index in [0.717, 1.165) is 18.6 Å². The maximum absolute atomic E-state index is 12.1. The maximum atomic E-state index is 12.1. The summed E-state index contributed by atoms with van der Waals surface area (Å²) in [6.07, 6.45) is 4.63. The van der Waals surface area contributed by atoms with Crippen LogP contribution in [0.2, 0.25) is 0 Å². The van der Waals surface area contributed by atoms with Crippen molar-refractivity contribution >= 4 is 10.8 Å². The molecule has 0 aromatic rings. The summed E-state index contributed by atoms with van der Waals surface area (Å²) in [7, 11) is 1.36. The van der Waals surface area contributed by atoms with E-state index in [4.69, 9.17) is 0 Å². The monoisotopic (exact) mass is 231 g/mol. The summed E-state index contributed by atoms with van der Waals surface area (Å²) in [6.45, 7) is 6.70. The molecule has 0 amide bonds. The molecule has 3 unspecified atom stereocenters.